The summed E-state index contributed by atoms with van der Waals surface area (Å²) in [6, 6.07) is 9.04. The molecule has 0 amide bonds. The number of aryl methyl sites for hydroxylation is 1. The van der Waals surface area contributed by atoms with Crippen LogP contribution in [0.2, 0.25) is 0 Å². The second-order valence-corrected chi connectivity index (χ2v) is 10.1. The number of fused-ring (bicyclic) bond motifs is 1. The second-order valence-electron chi connectivity index (χ2n) is 10.1. The number of carbonyl (C=O) groups is 1. The number of carbonyl (C=O) groups excluding carboxylic acids is 1. The average molecular weight is 515 g/mol. The van der Waals surface area contributed by atoms with E-state index in [2.05, 4.69) is 20.3 Å². The molecule has 5 heterocycles. The highest BCUT2D eigenvalue weighted by molar-refractivity contribution is 5.78. The number of hydrogen-bond acceptors (Lipinski definition) is 8. The van der Waals surface area contributed by atoms with Gasteiger partial charge in [-0.2, -0.15) is 4.98 Å². The smallest absolute Gasteiger partial charge is 0.274 e. The van der Waals surface area contributed by atoms with Crippen molar-refractivity contribution in [3.8, 4) is 11.6 Å². The number of aromatic nitrogens is 5. The first-order chi connectivity index (χ1) is 18.4. The molecule has 0 bridgehead atoms. The van der Waals surface area contributed by atoms with Crippen LogP contribution in [0.25, 0.3) is 11.2 Å². The van der Waals surface area contributed by atoms with Gasteiger partial charge in [-0.05, 0) is 62.3 Å². The topological polar surface area (TPSA) is 113 Å². The molecule has 196 valence electrons. The summed E-state index contributed by atoms with van der Waals surface area (Å²) in [5.74, 6) is 1.99. The van der Waals surface area contributed by atoms with E-state index in [0.29, 0.717) is 52.6 Å². The van der Waals surface area contributed by atoms with Crippen molar-refractivity contribution in [1.82, 2.24) is 24.1 Å². The van der Waals surface area contributed by atoms with E-state index < -0.39 is 0 Å². The number of rotatable bonds is 8. The van der Waals surface area contributed by atoms with Crippen LogP contribution in [0.3, 0.4) is 0 Å². The number of ether oxygens (including phenoxy) is 2. The Bertz CT molecular complexity index is 1570. The lowest BCUT2D eigenvalue weighted by Crippen LogP contribution is -2.31. The summed E-state index contributed by atoms with van der Waals surface area (Å²) in [6.07, 6.45) is 8.05. The minimum Gasteiger partial charge on any atom is -0.439 e. The van der Waals surface area contributed by atoms with E-state index in [-0.39, 0.29) is 23.8 Å². The van der Waals surface area contributed by atoms with Crippen LogP contribution in [0, 0.1) is 0 Å². The molecule has 0 spiro atoms. The number of imidazole rings is 1. The van der Waals surface area contributed by atoms with E-state index in [4.69, 9.17) is 9.47 Å². The zero-order valence-corrected chi connectivity index (χ0v) is 21.5. The molecule has 0 unspecified atom stereocenters. The molecule has 1 aliphatic carbocycles. The fourth-order valence-electron chi connectivity index (χ4n) is 4.90. The van der Waals surface area contributed by atoms with Gasteiger partial charge in [0, 0.05) is 44.6 Å². The lowest BCUT2D eigenvalue weighted by molar-refractivity contribution is -0.116. The van der Waals surface area contributed by atoms with E-state index in [1.54, 1.807) is 24.4 Å². The molecule has 10 nitrogen and oxygen atoms in total. The summed E-state index contributed by atoms with van der Waals surface area (Å²) in [4.78, 5) is 38.5. The van der Waals surface area contributed by atoms with Gasteiger partial charge in [-0.15, -0.1) is 0 Å². The minimum absolute atomic E-state index is 0.0330. The van der Waals surface area contributed by atoms with Crippen molar-refractivity contribution in [2.75, 3.05) is 18.5 Å². The van der Waals surface area contributed by atoms with Crippen LogP contribution in [0.4, 0.5) is 11.6 Å². The van der Waals surface area contributed by atoms with E-state index in [9.17, 15) is 9.59 Å². The lowest BCUT2D eigenvalue weighted by Gasteiger charge is -2.25. The third kappa shape index (κ3) is 5.04. The molecule has 4 aromatic heterocycles. The maximum Gasteiger partial charge on any atom is 0.274 e. The van der Waals surface area contributed by atoms with E-state index in [1.165, 1.54) is 12.5 Å². The predicted octanol–water partition coefficient (Wildman–Crippen LogP) is 4.42. The number of hydrogen-bond donors (Lipinski definition) is 1. The molecule has 0 radical (unpaired) electrons. The fraction of sp³-hybridized carbons (Fsp3) is 0.393. The summed E-state index contributed by atoms with van der Waals surface area (Å²) in [5.41, 5.74) is 3.53. The normalized spacial score (nSPS) is 17.5. The number of nitrogens with zero attached hydrogens (tertiary/aromatic N) is 5. The van der Waals surface area contributed by atoms with Gasteiger partial charge in [0.2, 0.25) is 11.8 Å². The van der Waals surface area contributed by atoms with Gasteiger partial charge in [-0.3, -0.25) is 19.1 Å². The molecule has 38 heavy (non-hydrogen) atoms. The molecule has 4 aromatic rings. The van der Waals surface area contributed by atoms with Crippen LogP contribution in [0.1, 0.15) is 55.8 Å². The Morgan fingerprint density at radius 1 is 1.18 bits per heavy atom. The zero-order valence-electron chi connectivity index (χ0n) is 21.5. The van der Waals surface area contributed by atoms with Gasteiger partial charge >= 0.3 is 0 Å². The van der Waals surface area contributed by atoms with Crippen molar-refractivity contribution in [1.29, 1.82) is 0 Å². The molecule has 1 atom stereocenters. The summed E-state index contributed by atoms with van der Waals surface area (Å²) >= 11 is 0. The molecule has 0 aromatic carbocycles. The van der Waals surface area contributed by atoms with Gasteiger partial charge < -0.3 is 19.4 Å². The van der Waals surface area contributed by atoms with Gasteiger partial charge in [-0.25, -0.2) is 4.98 Å². The van der Waals surface area contributed by atoms with E-state index >= 15 is 0 Å². The maximum atomic E-state index is 13.5. The summed E-state index contributed by atoms with van der Waals surface area (Å²) in [7, 11) is 1.85. The van der Waals surface area contributed by atoms with Gasteiger partial charge in [0.15, 0.2) is 5.65 Å². The first kappa shape index (κ1) is 24.3. The first-order valence-electron chi connectivity index (χ1n) is 13.0. The van der Waals surface area contributed by atoms with Crippen LogP contribution in [-0.2, 0) is 23.0 Å². The van der Waals surface area contributed by atoms with Gasteiger partial charge in [-0.1, -0.05) is 0 Å². The highest BCUT2D eigenvalue weighted by Gasteiger charge is 2.27. The van der Waals surface area contributed by atoms with Crippen molar-refractivity contribution >= 4 is 28.6 Å². The Kier molecular flexibility index (Phi) is 6.40. The highest BCUT2D eigenvalue weighted by Crippen LogP contribution is 2.41. The van der Waals surface area contributed by atoms with Crippen LogP contribution in [0.15, 0.2) is 47.5 Å². The van der Waals surface area contributed by atoms with Crippen LogP contribution in [0.5, 0.6) is 11.6 Å². The third-order valence-corrected chi connectivity index (χ3v) is 7.02. The number of ketones is 1. The van der Waals surface area contributed by atoms with E-state index in [1.807, 2.05) is 34.5 Å². The number of Topliss-reactive ketones (excluding diaryl/α,β-unsaturated/α-hetero) is 1. The monoisotopic (exact) mass is 514 g/mol. The molecule has 1 saturated carbocycles. The Balaban J connectivity index is 1.29. The molecule has 1 N–H and O–H groups in total. The number of anilines is 2. The van der Waals surface area contributed by atoms with Crippen LogP contribution in [-0.4, -0.2) is 43.1 Å². The molecule has 1 saturated heterocycles. The highest BCUT2D eigenvalue weighted by atomic mass is 16.5. The second kappa shape index (κ2) is 10.0. The molecule has 10 heteroatoms. The van der Waals surface area contributed by atoms with Gasteiger partial charge in [0.25, 0.3) is 5.56 Å². The van der Waals surface area contributed by atoms with Crippen LogP contribution >= 0.6 is 0 Å². The third-order valence-electron chi connectivity index (χ3n) is 7.02. The Morgan fingerprint density at radius 2 is 2.05 bits per heavy atom. The quantitative estimate of drug-likeness (QED) is 0.368. The maximum absolute atomic E-state index is 13.5. The minimum atomic E-state index is -0.0759. The zero-order chi connectivity index (χ0) is 26.2. The lowest BCUT2D eigenvalue weighted by atomic mass is 10.1. The van der Waals surface area contributed by atoms with Gasteiger partial charge in [0.05, 0.1) is 18.3 Å². The molecule has 2 aliphatic rings. The summed E-state index contributed by atoms with van der Waals surface area (Å²) < 4.78 is 15.3. The van der Waals surface area contributed by atoms with E-state index in [0.717, 1.165) is 32.3 Å². The standard InChI is InChI=1S/C28H30N6O4/c1-17(35)12-20-14-22(9-10-29-20)38-25-8-7-23-26(32-25)33(2)28(30-23)31-24-13-19(18-5-6-18)15-34(27(24)36)21-4-3-11-37-16-21/h7-10,13-15,18,21H,3-6,11-12,16H2,1-2H3,(H,30,31)/t21-/m0/s1. The Morgan fingerprint density at radius 3 is 2.82 bits per heavy atom. The van der Waals surface area contributed by atoms with Crippen molar-refractivity contribution in [3.05, 3.63) is 64.3 Å². The van der Waals surface area contributed by atoms with Gasteiger partial charge in [0.1, 0.15) is 22.7 Å². The summed E-state index contributed by atoms with van der Waals surface area (Å²) in [6.45, 7) is 2.83. The molecular weight excluding hydrogens is 484 g/mol. The molecule has 1 aliphatic heterocycles. The molecule has 6 rings (SSSR count). The largest absolute Gasteiger partial charge is 0.439 e. The van der Waals surface area contributed by atoms with Crippen molar-refractivity contribution in [2.24, 2.45) is 7.05 Å². The van der Waals surface area contributed by atoms with Crippen molar-refractivity contribution in [3.63, 3.8) is 0 Å². The Hall–Kier alpha value is -4.05. The predicted molar refractivity (Wildman–Crippen MR) is 142 cm³/mol. The molecular formula is C28H30N6O4. The first-order valence-corrected chi connectivity index (χ1v) is 13.0. The molecule has 2 fully saturated rings. The Labute approximate surface area is 219 Å². The fourth-order valence-corrected chi connectivity index (χ4v) is 4.90. The van der Waals surface area contributed by atoms with Crippen LogP contribution < -0.4 is 15.6 Å². The number of nitrogens with one attached hydrogen (secondary N) is 1. The average Bonchev–Trinajstić information content (AvgIpc) is 3.71. The van der Waals surface area contributed by atoms with Crippen molar-refractivity contribution < 1.29 is 14.3 Å². The SMILES string of the molecule is CC(=O)Cc1cc(Oc2ccc3nc(Nc4cc(C5CC5)cn([C@H]5CCCOC5)c4=O)n(C)c3n2)ccn1. The summed E-state index contributed by atoms with van der Waals surface area (Å²) in [5, 5.41) is 3.28. The van der Waals surface area contributed by atoms with Crippen molar-refractivity contribution in [2.45, 2.75) is 51.0 Å². The number of pyridine rings is 3.